The van der Waals surface area contributed by atoms with Gasteiger partial charge in [0, 0.05) is 19.8 Å². The Balaban J connectivity index is 0.000000962. The van der Waals surface area contributed by atoms with Crippen LogP contribution >= 0.6 is 24.4 Å². The summed E-state index contributed by atoms with van der Waals surface area (Å²) < 4.78 is 2.26. The van der Waals surface area contributed by atoms with Crippen molar-refractivity contribution in [3.05, 3.63) is 58.7 Å². The molecule has 284 valence electrons. The van der Waals surface area contributed by atoms with E-state index in [9.17, 15) is 0 Å². The molecule has 0 aromatic heterocycles. The maximum atomic E-state index is 5.54. The number of benzene rings is 2. The van der Waals surface area contributed by atoms with Crippen molar-refractivity contribution in [1.82, 2.24) is 0 Å². The van der Waals surface area contributed by atoms with Gasteiger partial charge in [-0.2, -0.15) is 0 Å². The van der Waals surface area contributed by atoms with Crippen LogP contribution in [-0.4, -0.2) is 8.64 Å². The van der Waals surface area contributed by atoms with Gasteiger partial charge in [-0.3, -0.25) is 0 Å². The van der Waals surface area contributed by atoms with Crippen LogP contribution in [0.25, 0.3) is 0 Å². The van der Waals surface area contributed by atoms with Crippen molar-refractivity contribution < 1.29 is 28.1 Å². The first-order valence-electron chi connectivity index (χ1n) is 20.0. The summed E-state index contributed by atoms with van der Waals surface area (Å²) in [7, 11) is 0. The van der Waals surface area contributed by atoms with Crippen LogP contribution in [-0.2, 0) is 96.0 Å². The summed E-state index contributed by atoms with van der Waals surface area (Å²) in [4.78, 5) is 0. The smallest absolute Gasteiger partial charge is 0.485 e. The van der Waals surface area contributed by atoms with E-state index >= 15 is 0 Å². The molecular formula is C42H68N2S6Zn. The minimum absolute atomic E-state index is 0. The fourth-order valence-corrected chi connectivity index (χ4v) is 7.44. The van der Waals surface area contributed by atoms with Gasteiger partial charge in [-0.1, -0.05) is 155 Å². The van der Waals surface area contributed by atoms with Crippen molar-refractivity contribution in [3.8, 4) is 0 Å². The first-order chi connectivity index (χ1) is 24.2. The van der Waals surface area contributed by atoms with Crippen molar-refractivity contribution >= 4 is 95.3 Å². The Morgan fingerprint density at radius 2 is 0.725 bits per heavy atom. The molecule has 0 aliphatic heterocycles. The zero-order valence-electron chi connectivity index (χ0n) is 32.6. The molecule has 0 fully saturated rings. The molecule has 0 saturated carbocycles. The number of rotatable bonds is 26. The fraction of sp³-hybridized carbons (Fsp3) is 0.667. The molecular weight excluding hydrogens is 790 g/mol. The van der Waals surface area contributed by atoms with Crippen LogP contribution in [0.15, 0.2) is 36.4 Å². The average Bonchev–Trinajstić information content (AvgIpc) is 3.11. The van der Waals surface area contributed by atoms with Crippen LogP contribution in [0.1, 0.15) is 178 Å². The minimum atomic E-state index is 0. The van der Waals surface area contributed by atoms with Gasteiger partial charge in [-0.05, 0) is 74.6 Å². The molecule has 2 N–H and O–H groups in total. The van der Waals surface area contributed by atoms with Crippen molar-refractivity contribution in [2.45, 2.75) is 182 Å². The molecule has 0 aliphatic carbocycles. The van der Waals surface area contributed by atoms with Gasteiger partial charge in [0.2, 0.25) is 0 Å². The van der Waals surface area contributed by atoms with E-state index in [1.807, 2.05) is 0 Å². The maximum Gasteiger partial charge on any atom is 2.00 e. The summed E-state index contributed by atoms with van der Waals surface area (Å²) >= 11 is 31.8. The van der Waals surface area contributed by atoms with Gasteiger partial charge in [-0.15, -0.1) is 0 Å². The van der Waals surface area contributed by atoms with E-state index in [1.165, 1.54) is 151 Å². The zero-order chi connectivity index (χ0) is 37.0. The molecule has 0 aliphatic rings. The Bertz CT molecular complexity index is 1100. The van der Waals surface area contributed by atoms with E-state index in [2.05, 4.69) is 64.1 Å². The zero-order valence-corrected chi connectivity index (χ0v) is 40.5. The van der Waals surface area contributed by atoms with E-state index in [0.29, 0.717) is 17.3 Å². The Morgan fingerprint density at radius 1 is 0.451 bits per heavy atom. The van der Waals surface area contributed by atoms with Crippen molar-refractivity contribution in [1.29, 1.82) is 0 Å². The number of hydrogen-bond acceptors (Lipinski definition) is 6. The van der Waals surface area contributed by atoms with Crippen LogP contribution < -0.4 is 8.61 Å². The van der Waals surface area contributed by atoms with Gasteiger partial charge in [0.25, 0.3) is 0 Å². The Morgan fingerprint density at radius 3 is 1.00 bits per heavy atom. The third-order valence-corrected chi connectivity index (χ3v) is 11.7. The summed E-state index contributed by atoms with van der Waals surface area (Å²) in [6.45, 7) is 9.04. The first kappa shape index (κ1) is 51.3. The van der Waals surface area contributed by atoms with Gasteiger partial charge in [-0.25, -0.2) is 0 Å². The van der Waals surface area contributed by atoms with E-state index in [1.54, 1.807) is 0 Å². The standard InChI is InChI=1S/2C21H35NS3.Zn/c2*1-3-5-7-9-11-14-18-15-13-17-20(22(25)21(23)24)19(18)16-12-10-8-6-4-2;/h2*13,15,17,22H,3-12,14,16H2,1-2H3,(H,23,24);/q;;+2/p-2. The van der Waals surface area contributed by atoms with Crippen LogP contribution in [0.2, 0.25) is 0 Å². The fourth-order valence-electron chi connectivity index (χ4n) is 6.62. The van der Waals surface area contributed by atoms with E-state index in [4.69, 9.17) is 75.3 Å². The Hall–Kier alpha value is 0.303. The van der Waals surface area contributed by atoms with E-state index in [-0.39, 0.29) is 19.5 Å². The second kappa shape index (κ2) is 33.6. The Labute approximate surface area is 360 Å². The summed E-state index contributed by atoms with van der Waals surface area (Å²) in [6.07, 6.45) is 30.6. The van der Waals surface area contributed by atoms with E-state index < -0.39 is 0 Å². The SMILES string of the molecule is CCCCCCCc1cccc([NH+]([S-])C(=S)[S-])c1CCCCCCC.CCCCCCCc1cccc([NH+]([S-])C(=S)[S-])c1CCCCCCC.[Zn+2]. The van der Waals surface area contributed by atoms with Crippen LogP contribution in [0, 0.1) is 0 Å². The second-order valence-corrected chi connectivity index (χ2v) is 16.7. The van der Waals surface area contributed by atoms with Crippen LogP contribution in [0.5, 0.6) is 0 Å². The number of hydrogen-bond donors (Lipinski definition) is 2. The maximum absolute atomic E-state index is 5.54. The van der Waals surface area contributed by atoms with Crippen molar-refractivity contribution in [3.63, 3.8) is 0 Å². The number of thiocarbonyl (C=S) groups is 2. The monoisotopic (exact) mass is 856 g/mol. The quantitative estimate of drug-likeness (QED) is 0.0419. The summed E-state index contributed by atoms with van der Waals surface area (Å²) in [5.41, 5.74) is 7.97. The molecule has 2 aromatic rings. The second-order valence-electron chi connectivity index (χ2n) is 13.8. The molecule has 2 aromatic carbocycles. The Kier molecular flexibility index (Phi) is 33.8. The van der Waals surface area contributed by atoms with Crippen molar-refractivity contribution in [2.24, 2.45) is 0 Å². The summed E-state index contributed by atoms with van der Waals surface area (Å²) in [5, 5.41) is 0. The van der Waals surface area contributed by atoms with Gasteiger partial charge < -0.3 is 83.9 Å². The van der Waals surface area contributed by atoms with E-state index in [0.717, 1.165) is 37.1 Å². The van der Waals surface area contributed by atoms with Crippen LogP contribution in [0.3, 0.4) is 0 Å². The van der Waals surface area contributed by atoms with Gasteiger partial charge in [0.05, 0.1) is 0 Å². The van der Waals surface area contributed by atoms with Gasteiger partial charge in [0.15, 0.2) is 0 Å². The predicted molar refractivity (Wildman–Crippen MR) is 239 cm³/mol. The molecule has 0 radical (unpaired) electrons. The molecule has 2 unspecified atom stereocenters. The van der Waals surface area contributed by atoms with Crippen LogP contribution in [0.4, 0.5) is 11.4 Å². The molecule has 0 amide bonds. The predicted octanol–water partition coefficient (Wildman–Crippen LogP) is 11.0. The molecule has 2 nitrogen and oxygen atoms in total. The first-order valence-corrected chi connectivity index (χ1v) is 22.4. The number of nitrogens with one attached hydrogen (secondary N) is 2. The summed E-state index contributed by atoms with van der Waals surface area (Å²) in [5.74, 6) is 0. The molecule has 0 bridgehead atoms. The molecule has 2 atom stereocenters. The largest absolute Gasteiger partial charge is 2.00 e. The third-order valence-electron chi connectivity index (χ3n) is 9.57. The topological polar surface area (TPSA) is 8.88 Å². The average molecular weight is 859 g/mol. The van der Waals surface area contributed by atoms with Gasteiger partial charge in [0.1, 0.15) is 11.4 Å². The molecule has 0 heterocycles. The minimum Gasteiger partial charge on any atom is -0.485 e. The van der Waals surface area contributed by atoms with Gasteiger partial charge >= 0.3 is 19.5 Å². The number of quaternary nitrogens is 2. The number of aryl methyl sites for hydroxylation is 2. The van der Waals surface area contributed by atoms with Crippen molar-refractivity contribution in [2.75, 3.05) is 0 Å². The molecule has 0 saturated heterocycles. The molecule has 9 heteroatoms. The summed E-state index contributed by atoms with van der Waals surface area (Å²) in [6, 6.07) is 13.0. The molecule has 2 rings (SSSR count). The molecule has 0 spiro atoms. The third kappa shape index (κ3) is 22.5. The normalized spacial score (nSPS) is 12.0. The number of unbranched alkanes of at least 4 members (excludes halogenated alkanes) is 16. The molecule has 51 heavy (non-hydrogen) atoms.